The molecule has 0 amide bonds. The molecule has 1 aliphatic rings. The number of thiocarbonyl (C=S) groups is 1. The average Bonchev–Trinajstić information content (AvgIpc) is 2.96. The molecule has 0 atom stereocenters. The van der Waals surface area contributed by atoms with E-state index in [1.165, 1.54) is 21.0 Å². The van der Waals surface area contributed by atoms with Crippen molar-refractivity contribution in [2.24, 2.45) is 0 Å². The van der Waals surface area contributed by atoms with Crippen LogP contribution in [0, 0.1) is 6.92 Å². The molecule has 0 aliphatic carbocycles. The summed E-state index contributed by atoms with van der Waals surface area (Å²) in [6, 6.07) is 4.43. The average molecular weight is 363 g/mol. The lowest BCUT2D eigenvalue weighted by Gasteiger charge is -2.34. The Balaban J connectivity index is 1.93. The summed E-state index contributed by atoms with van der Waals surface area (Å²) in [7, 11) is 2.07. The van der Waals surface area contributed by atoms with E-state index in [0.29, 0.717) is 0 Å². The zero-order valence-corrected chi connectivity index (χ0v) is 16.8. The second-order valence-electron chi connectivity index (χ2n) is 7.45. The minimum absolute atomic E-state index is 0.0831. The number of fused-ring (bicyclic) bond motifs is 1. The number of nitrogens with zero attached hydrogens (tertiary/aromatic N) is 3. The predicted molar refractivity (Wildman–Crippen MR) is 109 cm³/mol. The van der Waals surface area contributed by atoms with Gasteiger partial charge in [-0.05, 0) is 36.8 Å². The molecule has 2 aromatic rings. The van der Waals surface area contributed by atoms with Crippen molar-refractivity contribution in [2.45, 2.75) is 33.1 Å². The van der Waals surface area contributed by atoms with Gasteiger partial charge in [-0.15, -0.1) is 11.3 Å². The number of aromatic nitrogens is 1. The maximum atomic E-state index is 5.74. The van der Waals surface area contributed by atoms with E-state index in [9.17, 15) is 0 Å². The van der Waals surface area contributed by atoms with Crippen LogP contribution in [0.1, 0.15) is 31.3 Å². The Morgan fingerprint density at radius 3 is 2.58 bits per heavy atom. The molecule has 6 heteroatoms. The van der Waals surface area contributed by atoms with Crippen molar-refractivity contribution < 1.29 is 0 Å². The van der Waals surface area contributed by atoms with Crippen LogP contribution in [0.5, 0.6) is 0 Å². The van der Waals surface area contributed by atoms with Crippen LogP contribution < -0.4 is 10.2 Å². The van der Waals surface area contributed by atoms with Gasteiger partial charge in [-0.1, -0.05) is 20.8 Å². The molecular formula is C18H26N4S2. The SMILES string of the molecule is Cc1cc2nc(C(C)(C)C)sc2cc1N(C)C(=S)N1CCNCC1. The highest BCUT2D eigenvalue weighted by atomic mass is 32.1. The molecule has 1 N–H and O–H groups in total. The van der Waals surface area contributed by atoms with Crippen molar-refractivity contribution in [3.05, 3.63) is 22.7 Å². The van der Waals surface area contributed by atoms with Crippen molar-refractivity contribution in [1.29, 1.82) is 0 Å². The van der Waals surface area contributed by atoms with Crippen LogP contribution in [0.3, 0.4) is 0 Å². The summed E-state index contributed by atoms with van der Waals surface area (Å²) in [6.45, 7) is 12.7. The zero-order valence-electron chi connectivity index (χ0n) is 15.1. The molecule has 1 aromatic carbocycles. The number of anilines is 1. The topological polar surface area (TPSA) is 31.4 Å². The maximum Gasteiger partial charge on any atom is 0.175 e. The lowest BCUT2D eigenvalue weighted by Crippen LogP contribution is -2.50. The summed E-state index contributed by atoms with van der Waals surface area (Å²) in [4.78, 5) is 9.25. The number of benzene rings is 1. The number of thiazole rings is 1. The molecule has 0 radical (unpaired) electrons. The highest BCUT2D eigenvalue weighted by molar-refractivity contribution is 7.80. The predicted octanol–water partition coefficient (Wildman–Crippen LogP) is 3.53. The molecule has 3 rings (SSSR count). The van der Waals surface area contributed by atoms with Crippen LogP contribution in [-0.2, 0) is 5.41 Å². The Morgan fingerprint density at radius 1 is 1.29 bits per heavy atom. The summed E-state index contributed by atoms with van der Waals surface area (Å²) in [6.07, 6.45) is 0. The van der Waals surface area contributed by atoms with Gasteiger partial charge in [0.2, 0.25) is 0 Å². The Labute approximate surface area is 153 Å². The third-order valence-electron chi connectivity index (χ3n) is 4.38. The van der Waals surface area contributed by atoms with Crippen LogP contribution in [0.2, 0.25) is 0 Å². The van der Waals surface area contributed by atoms with Crippen LogP contribution in [0.25, 0.3) is 10.2 Å². The normalized spacial score (nSPS) is 15.8. The van der Waals surface area contributed by atoms with Gasteiger partial charge in [-0.2, -0.15) is 0 Å². The van der Waals surface area contributed by atoms with Crippen LogP contribution in [0.15, 0.2) is 12.1 Å². The Bertz CT molecular complexity index is 754. The first-order chi connectivity index (χ1) is 11.3. The molecule has 130 valence electrons. The third kappa shape index (κ3) is 3.41. The van der Waals surface area contributed by atoms with Crippen molar-refractivity contribution in [3.63, 3.8) is 0 Å². The minimum atomic E-state index is 0.0831. The van der Waals surface area contributed by atoms with E-state index in [2.05, 4.69) is 62.0 Å². The van der Waals surface area contributed by atoms with Gasteiger partial charge in [0.1, 0.15) is 0 Å². The van der Waals surface area contributed by atoms with Gasteiger partial charge >= 0.3 is 0 Å². The fourth-order valence-corrected chi connectivity index (χ4v) is 4.24. The van der Waals surface area contributed by atoms with E-state index in [0.717, 1.165) is 36.8 Å². The Hall–Kier alpha value is -1.24. The third-order valence-corrected chi connectivity index (χ3v) is 6.36. The second kappa shape index (κ2) is 6.58. The summed E-state index contributed by atoms with van der Waals surface area (Å²) < 4.78 is 1.23. The molecule has 0 unspecified atom stereocenters. The van der Waals surface area contributed by atoms with Crippen LogP contribution >= 0.6 is 23.6 Å². The van der Waals surface area contributed by atoms with Crippen LogP contribution in [0.4, 0.5) is 5.69 Å². The number of hydrogen-bond acceptors (Lipinski definition) is 4. The molecule has 0 saturated carbocycles. The summed E-state index contributed by atoms with van der Waals surface area (Å²) in [5, 5.41) is 5.46. The van der Waals surface area contributed by atoms with E-state index in [-0.39, 0.29) is 5.41 Å². The highest BCUT2D eigenvalue weighted by Gasteiger charge is 2.22. The molecule has 0 spiro atoms. The smallest absolute Gasteiger partial charge is 0.175 e. The fourth-order valence-electron chi connectivity index (χ4n) is 2.92. The van der Waals surface area contributed by atoms with Crippen LogP contribution in [-0.4, -0.2) is 48.2 Å². The molecule has 2 heterocycles. The molecule has 4 nitrogen and oxygen atoms in total. The van der Waals surface area contributed by atoms with E-state index in [1.54, 1.807) is 11.3 Å². The summed E-state index contributed by atoms with van der Waals surface area (Å²) in [5.41, 5.74) is 3.57. The first kappa shape index (κ1) is 17.6. The van der Waals surface area contributed by atoms with E-state index in [4.69, 9.17) is 17.2 Å². The van der Waals surface area contributed by atoms with E-state index in [1.807, 2.05) is 0 Å². The van der Waals surface area contributed by atoms with Gasteiger partial charge in [-0.25, -0.2) is 4.98 Å². The van der Waals surface area contributed by atoms with Gasteiger partial charge in [0.05, 0.1) is 15.2 Å². The van der Waals surface area contributed by atoms with Crippen molar-refractivity contribution >= 4 is 44.6 Å². The number of aryl methyl sites for hydroxylation is 1. The summed E-state index contributed by atoms with van der Waals surface area (Å²) >= 11 is 7.52. The number of nitrogens with one attached hydrogen (secondary N) is 1. The van der Waals surface area contributed by atoms with Gasteiger partial charge in [0.15, 0.2) is 5.11 Å². The lowest BCUT2D eigenvalue weighted by atomic mass is 9.98. The van der Waals surface area contributed by atoms with Gasteiger partial charge < -0.3 is 15.1 Å². The number of rotatable bonds is 1. The van der Waals surface area contributed by atoms with Crippen molar-refractivity contribution in [3.8, 4) is 0 Å². The number of piperazine rings is 1. The fraction of sp³-hybridized carbons (Fsp3) is 0.556. The molecule has 1 aromatic heterocycles. The van der Waals surface area contributed by atoms with Crippen molar-refractivity contribution in [2.75, 3.05) is 38.1 Å². The maximum absolute atomic E-state index is 5.74. The molecule has 24 heavy (non-hydrogen) atoms. The minimum Gasteiger partial charge on any atom is -0.346 e. The largest absolute Gasteiger partial charge is 0.346 e. The Kier molecular flexibility index (Phi) is 4.82. The summed E-state index contributed by atoms with van der Waals surface area (Å²) in [5.74, 6) is 0. The monoisotopic (exact) mass is 362 g/mol. The van der Waals surface area contributed by atoms with Crippen molar-refractivity contribution in [1.82, 2.24) is 15.2 Å². The molecule has 1 aliphatic heterocycles. The lowest BCUT2D eigenvalue weighted by molar-refractivity contribution is 0.358. The number of hydrogen-bond donors (Lipinski definition) is 1. The van der Waals surface area contributed by atoms with E-state index < -0.39 is 0 Å². The molecule has 0 bridgehead atoms. The zero-order chi connectivity index (χ0) is 17.5. The van der Waals surface area contributed by atoms with Gasteiger partial charge in [0.25, 0.3) is 0 Å². The second-order valence-corrected chi connectivity index (χ2v) is 8.85. The molecule has 1 fully saturated rings. The Morgan fingerprint density at radius 2 is 1.96 bits per heavy atom. The van der Waals surface area contributed by atoms with Gasteiger partial charge in [0, 0.05) is 44.3 Å². The standard InChI is InChI=1S/C18H26N4S2/c1-12-10-13-15(24-16(20-13)18(2,3)4)11-14(12)21(5)17(23)22-8-6-19-7-9-22/h10-11,19H,6-9H2,1-5H3. The first-order valence-corrected chi connectivity index (χ1v) is 9.65. The van der Waals surface area contributed by atoms with E-state index >= 15 is 0 Å². The highest BCUT2D eigenvalue weighted by Crippen LogP contribution is 2.35. The van der Waals surface area contributed by atoms with Gasteiger partial charge in [-0.3, -0.25) is 0 Å². The first-order valence-electron chi connectivity index (χ1n) is 8.42. The quantitative estimate of drug-likeness (QED) is 0.785. The molecular weight excluding hydrogens is 336 g/mol. The molecule has 1 saturated heterocycles.